The first-order valence-electron chi connectivity index (χ1n) is 8.10. The Labute approximate surface area is 147 Å². The van der Waals surface area contributed by atoms with Crippen LogP contribution in [-0.2, 0) is 9.53 Å². The lowest BCUT2D eigenvalue weighted by Gasteiger charge is -2.32. The Bertz CT molecular complexity index is 585. The van der Waals surface area contributed by atoms with E-state index in [1.54, 1.807) is 6.07 Å². The number of hydrogen-bond acceptors (Lipinski definition) is 4. The molecule has 1 saturated heterocycles. The third kappa shape index (κ3) is 4.25. The summed E-state index contributed by atoms with van der Waals surface area (Å²) in [6, 6.07) is 4.11. The van der Waals surface area contributed by atoms with Crippen LogP contribution in [0.25, 0.3) is 0 Å². The van der Waals surface area contributed by atoms with Gasteiger partial charge in [-0.2, -0.15) is 0 Å². The van der Waals surface area contributed by atoms with Crippen molar-refractivity contribution in [3.63, 3.8) is 0 Å². The van der Waals surface area contributed by atoms with Gasteiger partial charge in [0.15, 0.2) is 0 Å². The average molecular weight is 358 g/mol. The molecule has 2 rings (SSSR count). The Morgan fingerprint density at radius 2 is 2.25 bits per heavy atom. The van der Waals surface area contributed by atoms with Crippen molar-refractivity contribution >= 4 is 17.5 Å². The second-order valence-electron chi connectivity index (χ2n) is 6.42. The summed E-state index contributed by atoms with van der Waals surface area (Å²) in [5.41, 5.74) is 6.60. The summed E-state index contributed by atoms with van der Waals surface area (Å²) in [5, 5.41) is 3.08. The largest absolute Gasteiger partial charge is 0.383 e. The molecule has 1 aliphatic rings. The van der Waals surface area contributed by atoms with Gasteiger partial charge < -0.3 is 15.8 Å². The molecule has 134 valence electrons. The molecular formula is C17H25ClFN3O2. The summed E-state index contributed by atoms with van der Waals surface area (Å²) in [4.78, 5) is 14.5. The van der Waals surface area contributed by atoms with E-state index in [0.717, 1.165) is 18.5 Å². The third-order valence-corrected chi connectivity index (χ3v) is 4.70. The van der Waals surface area contributed by atoms with E-state index in [1.165, 1.54) is 13.2 Å². The minimum atomic E-state index is -0.717. The molecule has 7 heteroatoms. The van der Waals surface area contributed by atoms with E-state index >= 15 is 0 Å². The van der Waals surface area contributed by atoms with Gasteiger partial charge in [0.1, 0.15) is 11.9 Å². The van der Waals surface area contributed by atoms with Crippen molar-refractivity contribution in [2.24, 2.45) is 5.73 Å². The summed E-state index contributed by atoms with van der Waals surface area (Å²) in [6.45, 7) is 5.14. The van der Waals surface area contributed by atoms with Crippen LogP contribution in [-0.4, -0.2) is 49.2 Å². The fraction of sp³-hybridized carbons (Fsp3) is 0.588. The van der Waals surface area contributed by atoms with Crippen LogP contribution in [0.3, 0.4) is 0 Å². The number of hydrogen-bond donors (Lipinski definition) is 2. The first-order chi connectivity index (χ1) is 11.3. The minimum absolute atomic E-state index is 0.0931. The predicted octanol–water partition coefficient (Wildman–Crippen LogP) is 2.09. The third-order valence-electron chi connectivity index (χ3n) is 4.40. The molecule has 0 saturated carbocycles. The zero-order valence-corrected chi connectivity index (χ0v) is 15.0. The van der Waals surface area contributed by atoms with Gasteiger partial charge in [-0.15, -0.1) is 0 Å². The SMILES string of the molecule is COCC(N)C(=O)NC1CCN(C(C)C)C1c1ccc(Cl)c(F)c1. The average Bonchev–Trinajstić information content (AvgIpc) is 2.94. The topological polar surface area (TPSA) is 67.6 Å². The number of halogens is 2. The number of benzene rings is 1. The second kappa shape index (κ2) is 8.25. The Kier molecular flexibility index (Phi) is 6.57. The molecule has 1 amide bonds. The Morgan fingerprint density at radius 1 is 1.54 bits per heavy atom. The van der Waals surface area contributed by atoms with E-state index in [4.69, 9.17) is 22.1 Å². The van der Waals surface area contributed by atoms with E-state index in [9.17, 15) is 9.18 Å². The summed E-state index contributed by atoms with van der Waals surface area (Å²) in [6.07, 6.45) is 0.776. The minimum Gasteiger partial charge on any atom is -0.383 e. The van der Waals surface area contributed by atoms with E-state index in [1.807, 2.05) is 6.07 Å². The number of amides is 1. The number of nitrogens with zero attached hydrogens (tertiary/aromatic N) is 1. The maximum Gasteiger partial charge on any atom is 0.239 e. The van der Waals surface area contributed by atoms with Gasteiger partial charge in [-0.25, -0.2) is 4.39 Å². The first-order valence-corrected chi connectivity index (χ1v) is 8.48. The number of ether oxygens (including phenoxy) is 1. The summed E-state index contributed by atoms with van der Waals surface area (Å²) in [5.74, 6) is -0.710. The highest BCUT2D eigenvalue weighted by Crippen LogP contribution is 2.35. The van der Waals surface area contributed by atoms with Gasteiger partial charge in [0.05, 0.1) is 17.7 Å². The smallest absolute Gasteiger partial charge is 0.239 e. The molecule has 3 atom stereocenters. The standard InChI is InChI=1S/C17H25ClFN3O2/c1-10(2)22-7-6-15(21-17(23)14(20)9-24-3)16(22)11-4-5-12(18)13(19)8-11/h4-5,8,10,14-16H,6-7,9,20H2,1-3H3,(H,21,23). The molecule has 0 aromatic heterocycles. The molecule has 1 aliphatic heterocycles. The predicted molar refractivity (Wildman–Crippen MR) is 92.4 cm³/mol. The summed E-state index contributed by atoms with van der Waals surface area (Å²) < 4.78 is 18.8. The van der Waals surface area contributed by atoms with Gasteiger partial charge in [-0.1, -0.05) is 17.7 Å². The second-order valence-corrected chi connectivity index (χ2v) is 6.82. The van der Waals surface area contributed by atoms with Gasteiger partial charge in [0.2, 0.25) is 5.91 Å². The summed E-state index contributed by atoms with van der Waals surface area (Å²) >= 11 is 5.79. The molecule has 1 fully saturated rings. The van der Waals surface area contributed by atoms with E-state index in [0.29, 0.717) is 0 Å². The molecule has 3 N–H and O–H groups in total. The molecule has 1 heterocycles. The monoisotopic (exact) mass is 357 g/mol. The number of rotatable bonds is 6. The van der Waals surface area contributed by atoms with Gasteiger partial charge in [0, 0.05) is 25.7 Å². The zero-order chi connectivity index (χ0) is 17.9. The van der Waals surface area contributed by atoms with Gasteiger partial charge in [-0.05, 0) is 38.0 Å². The van der Waals surface area contributed by atoms with Crippen molar-refractivity contribution < 1.29 is 13.9 Å². The quantitative estimate of drug-likeness (QED) is 0.818. The number of carbonyl (C=O) groups excluding carboxylic acids is 1. The molecule has 24 heavy (non-hydrogen) atoms. The van der Waals surface area contributed by atoms with Crippen LogP contribution in [0.1, 0.15) is 31.9 Å². The fourth-order valence-corrected chi connectivity index (χ4v) is 3.33. The van der Waals surface area contributed by atoms with Crippen LogP contribution in [0.2, 0.25) is 5.02 Å². The normalized spacial score (nSPS) is 22.8. The van der Waals surface area contributed by atoms with E-state index < -0.39 is 11.9 Å². The van der Waals surface area contributed by atoms with Crippen molar-refractivity contribution in [3.05, 3.63) is 34.6 Å². The molecule has 0 radical (unpaired) electrons. The van der Waals surface area contributed by atoms with Crippen molar-refractivity contribution in [1.29, 1.82) is 0 Å². The van der Waals surface area contributed by atoms with Gasteiger partial charge in [0.25, 0.3) is 0 Å². The van der Waals surface area contributed by atoms with Crippen LogP contribution in [0.4, 0.5) is 4.39 Å². The van der Waals surface area contributed by atoms with Crippen LogP contribution in [0.5, 0.6) is 0 Å². The first kappa shape index (κ1) is 19.1. The Balaban J connectivity index is 2.23. The summed E-state index contributed by atoms with van der Waals surface area (Å²) in [7, 11) is 1.50. The molecule has 0 aliphatic carbocycles. The Hall–Kier alpha value is -1.21. The van der Waals surface area contributed by atoms with Crippen LogP contribution in [0, 0.1) is 5.82 Å². The number of nitrogens with one attached hydrogen (secondary N) is 1. The zero-order valence-electron chi connectivity index (χ0n) is 14.3. The lowest BCUT2D eigenvalue weighted by Crippen LogP contribution is -2.49. The fourth-order valence-electron chi connectivity index (χ4n) is 3.21. The maximum absolute atomic E-state index is 13.9. The van der Waals surface area contributed by atoms with E-state index in [2.05, 4.69) is 24.1 Å². The molecule has 3 unspecified atom stereocenters. The van der Waals surface area contributed by atoms with Crippen LogP contribution >= 0.6 is 11.6 Å². The van der Waals surface area contributed by atoms with E-state index in [-0.39, 0.29) is 35.7 Å². The van der Waals surface area contributed by atoms with Crippen molar-refractivity contribution in [3.8, 4) is 0 Å². The van der Waals surface area contributed by atoms with Crippen LogP contribution < -0.4 is 11.1 Å². The molecular weight excluding hydrogens is 333 g/mol. The lowest BCUT2D eigenvalue weighted by atomic mass is 9.98. The van der Waals surface area contributed by atoms with Gasteiger partial charge in [-0.3, -0.25) is 9.69 Å². The maximum atomic E-state index is 13.9. The van der Waals surface area contributed by atoms with Crippen molar-refractivity contribution in [1.82, 2.24) is 10.2 Å². The molecule has 5 nitrogen and oxygen atoms in total. The highest BCUT2D eigenvalue weighted by molar-refractivity contribution is 6.30. The van der Waals surface area contributed by atoms with Crippen molar-refractivity contribution in [2.45, 2.75) is 44.4 Å². The number of methoxy groups -OCH3 is 1. The van der Waals surface area contributed by atoms with Crippen LogP contribution in [0.15, 0.2) is 18.2 Å². The molecule has 1 aromatic rings. The lowest BCUT2D eigenvalue weighted by molar-refractivity contribution is -0.124. The Morgan fingerprint density at radius 3 is 2.83 bits per heavy atom. The molecule has 0 bridgehead atoms. The highest BCUT2D eigenvalue weighted by Gasteiger charge is 2.38. The van der Waals surface area contributed by atoms with Gasteiger partial charge >= 0.3 is 0 Å². The number of likely N-dealkylation sites (tertiary alicyclic amines) is 1. The number of nitrogens with two attached hydrogens (primary N) is 1. The molecule has 0 spiro atoms. The van der Waals surface area contributed by atoms with Crippen molar-refractivity contribution in [2.75, 3.05) is 20.3 Å². The highest BCUT2D eigenvalue weighted by atomic mass is 35.5. The molecule has 1 aromatic carbocycles. The number of carbonyl (C=O) groups is 1.